The van der Waals surface area contributed by atoms with Crippen molar-refractivity contribution in [3.63, 3.8) is 0 Å². The highest BCUT2D eigenvalue weighted by Gasteiger charge is 2.52. The molecule has 0 radical (unpaired) electrons. The van der Waals surface area contributed by atoms with E-state index < -0.39 is 24.1 Å². The van der Waals surface area contributed by atoms with Crippen molar-refractivity contribution in [1.82, 2.24) is 5.32 Å². The fraction of sp³-hybridized carbons (Fsp3) is 0.500. The van der Waals surface area contributed by atoms with Crippen molar-refractivity contribution in [1.29, 1.82) is 0 Å². The lowest BCUT2D eigenvalue weighted by molar-refractivity contribution is 0.00578. The van der Waals surface area contributed by atoms with E-state index in [1.54, 1.807) is 6.08 Å². The van der Waals surface area contributed by atoms with Gasteiger partial charge >= 0.3 is 7.12 Å². The van der Waals surface area contributed by atoms with Gasteiger partial charge in [0.05, 0.1) is 11.2 Å². The van der Waals surface area contributed by atoms with Gasteiger partial charge < -0.3 is 19.7 Å². The van der Waals surface area contributed by atoms with Crippen LogP contribution in [0.1, 0.15) is 33.3 Å². The number of halogens is 1. The number of hydrogen-bond acceptors (Lipinski definition) is 4. The van der Waals surface area contributed by atoms with Crippen molar-refractivity contribution in [3.8, 4) is 5.75 Å². The number of likely N-dealkylation sites (N-methyl/N-ethyl adjacent to an activating group) is 1. The molecule has 1 saturated heterocycles. The van der Waals surface area contributed by atoms with Crippen LogP contribution in [0.2, 0.25) is 0 Å². The minimum absolute atomic E-state index is 0.0199. The van der Waals surface area contributed by atoms with Crippen LogP contribution in [0.3, 0.4) is 0 Å². The molecular weight excluding hydrogens is 284 g/mol. The number of hydrogen-bond donors (Lipinski definition) is 2. The molecule has 2 N–H and O–H groups in total. The van der Waals surface area contributed by atoms with Crippen LogP contribution in [0.25, 0.3) is 6.08 Å². The number of aromatic hydroxyl groups is 1. The normalized spacial score (nSPS) is 20.5. The van der Waals surface area contributed by atoms with Crippen LogP contribution in [-0.4, -0.2) is 37.0 Å². The molecule has 1 aromatic rings. The summed E-state index contributed by atoms with van der Waals surface area (Å²) < 4.78 is 25.4. The van der Waals surface area contributed by atoms with E-state index in [9.17, 15) is 9.50 Å². The van der Waals surface area contributed by atoms with Gasteiger partial charge in [-0.25, -0.2) is 4.39 Å². The summed E-state index contributed by atoms with van der Waals surface area (Å²) in [6, 6.07) is 3.85. The Bertz CT molecular complexity index is 571. The maximum Gasteiger partial charge on any atom is 0.491 e. The number of phenolic OH excluding ortho intramolecular Hbond substituents is 1. The van der Waals surface area contributed by atoms with Crippen LogP contribution in [0.4, 0.5) is 4.39 Å². The number of rotatable bonds is 4. The second kappa shape index (κ2) is 6.03. The molecule has 0 atom stereocenters. The maximum atomic E-state index is 13.4. The summed E-state index contributed by atoms with van der Waals surface area (Å²) in [5.41, 5.74) is 0.296. The number of benzene rings is 1. The Morgan fingerprint density at radius 1 is 1.27 bits per heavy atom. The van der Waals surface area contributed by atoms with Gasteiger partial charge in [-0.15, -0.1) is 0 Å². The highest BCUT2D eigenvalue weighted by molar-refractivity contribution is 6.56. The summed E-state index contributed by atoms with van der Waals surface area (Å²) in [6.45, 7) is 8.41. The molecule has 6 heteroatoms. The molecular formula is C16H23BFNO3. The van der Waals surface area contributed by atoms with Crippen LogP contribution in [-0.2, 0) is 9.31 Å². The summed E-state index contributed by atoms with van der Waals surface area (Å²) in [5, 5.41) is 12.9. The van der Waals surface area contributed by atoms with Gasteiger partial charge in [-0.2, -0.15) is 0 Å². The average Bonchev–Trinajstić information content (AvgIpc) is 2.62. The summed E-state index contributed by atoms with van der Waals surface area (Å²) >= 11 is 0. The van der Waals surface area contributed by atoms with E-state index in [0.29, 0.717) is 12.1 Å². The predicted octanol–water partition coefficient (Wildman–Crippen LogP) is 2.77. The molecule has 4 nitrogen and oxygen atoms in total. The van der Waals surface area contributed by atoms with Crippen molar-refractivity contribution >= 4 is 13.2 Å². The zero-order chi connectivity index (χ0) is 16.5. The molecule has 120 valence electrons. The van der Waals surface area contributed by atoms with E-state index in [1.165, 1.54) is 18.2 Å². The van der Waals surface area contributed by atoms with Crippen LogP contribution in [0, 0.1) is 5.82 Å². The van der Waals surface area contributed by atoms with Gasteiger partial charge in [-0.05, 0) is 58.4 Å². The van der Waals surface area contributed by atoms with Crippen molar-refractivity contribution in [3.05, 3.63) is 35.1 Å². The average molecular weight is 307 g/mol. The van der Waals surface area contributed by atoms with Crippen molar-refractivity contribution in [2.24, 2.45) is 0 Å². The zero-order valence-corrected chi connectivity index (χ0v) is 13.7. The highest BCUT2D eigenvalue weighted by atomic mass is 19.1. The van der Waals surface area contributed by atoms with Crippen molar-refractivity contribution < 1.29 is 18.8 Å². The largest absolute Gasteiger partial charge is 0.507 e. The Labute approximate surface area is 131 Å². The summed E-state index contributed by atoms with van der Waals surface area (Å²) in [7, 11) is 1.27. The molecule has 2 rings (SSSR count). The summed E-state index contributed by atoms with van der Waals surface area (Å²) in [6.07, 6.45) is 1.71. The van der Waals surface area contributed by atoms with Crippen molar-refractivity contribution in [2.45, 2.75) is 38.9 Å². The molecule has 0 aliphatic carbocycles. The van der Waals surface area contributed by atoms with Gasteiger partial charge in [0, 0.05) is 12.1 Å². The third-order valence-electron chi connectivity index (χ3n) is 4.27. The molecule has 22 heavy (non-hydrogen) atoms. The number of phenols is 1. The van der Waals surface area contributed by atoms with E-state index in [4.69, 9.17) is 9.31 Å². The molecule has 0 saturated carbocycles. The first-order valence-corrected chi connectivity index (χ1v) is 7.35. The quantitative estimate of drug-likeness (QED) is 0.840. The Morgan fingerprint density at radius 2 is 1.86 bits per heavy atom. The minimum Gasteiger partial charge on any atom is -0.507 e. The molecule has 0 amide bonds. The van der Waals surface area contributed by atoms with Crippen molar-refractivity contribution in [2.75, 3.05) is 13.6 Å². The first-order chi connectivity index (χ1) is 10.2. The van der Waals surface area contributed by atoms with E-state index in [1.807, 2.05) is 34.7 Å². The first-order valence-electron chi connectivity index (χ1n) is 7.35. The van der Waals surface area contributed by atoms with E-state index in [2.05, 4.69) is 5.32 Å². The van der Waals surface area contributed by atoms with Gasteiger partial charge in [-0.3, -0.25) is 0 Å². The maximum absolute atomic E-state index is 13.4. The van der Waals surface area contributed by atoms with E-state index in [-0.39, 0.29) is 5.75 Å². The first kappa shape index (κ1) is 17.0. The summed E-state index contributed by atoms with van der Waals surface area (Å²) in [5.74, 6) is -0.381. The second-order valence-corrected chi connectivity index (χ2v) is 6.54. The van der Waals surface area contributed by atoms with Crippen LogP contribution in [0.5, 0.6) is 5.75 Å². The highest BCUT2D eigenvalue weighted by Crippen LogP contribution is 2.39. The monoisotopic (exact) mass is 307 g/mol. The molecule has 0 aromatic heterocycles. The zero-order valence-electron chi connectivity index (χ0n) is 13.7. The van der Waals surface area contributed by atoms with E-state index in [0.717, 1.165) is 5.47 Å². The molecule has 1 heterocycles. The van der Waals surface area contributed by atoms with Gasteiger partial charge in [0.25, 0.3) is 0 Å². The molecule has 0 bridgehead atoms. The van der Waals surface area contributed by atoms with Gasteiger partial charge in [0.2, 0.25) is 0 Å². The van der Waals surface area contributed by atoms with Crippen LogP contribution < -0.4 is 5.32 Å². The fourth-order valence-electron chi connectivity index (χ4n) is 2.24. The van der Waals surface area contributed by atoms with Gasteiger partial charge in [0.15, 0.2) is 0 Å². The molecule has 1 fully saturated rings. The lowest BCUT2D eigenvalue weighted by atomic mass is 9.77. The Kier molecular flexibility index (Phi) is 4.66. The molecule has 1 aliphatic rings. The van der Waals surface area contributed by atoms with Crippen LogP contribution in [0.15, 0.2) is 23.7 Å². The third kappa shape index (κ3) is 3.34. The molecule has 0 spiro atoms. The topological polar surface area (TPSA) is 50.7 Å². The number of nitrogens with one attached hydrogen (secondary N) is 1. The molecule has 0 unspecified atom stereocenters. The second-order valence-electron chi connectivity index (χ2n) is 6.54. The van der Waals surface area contributed by atoms with E-state index >= 15 is 0 Å². The molecule has 1 aliphatic heterocycles. The Morgan fingerprint density at radius 3 is 2.41 bits per heavy atom. The predicted molar refractivity (Wildman–Crippen MR) is 86.1 cm³/mol. The fourth-order valence-corrected chi connectivity index (χ4v) is 2.24. The Hall–Kier alpha value is -1.37. The summed E-state index contributed by atoms with van der Waals surface area (Å²) in [4.78, 5) is 0. The SMILES string of the molecule is CNCC(=Cc1cc(F)ccc1O)B1OC(C)(C)C(C)(C)O1. The molecule has 1 aromatic carbocycles. The van der Waals surface area contributed by atoms with Gasteiger partial charge in [0.1, 0.15) is 11.6 Å². The standard InChI is InChI=1S/C16H23BFNO3/c1-15(2)16(3,4)22-17(21-15)12(10-19-5)8-11-9-13(18)6-7-14(11)20/h6-9,19-20H,10H2,1-5H3. The Balaban J connectivity index is 2.35. The van der Waals surface area contributed by atoms with Gasteiger partial charge in [-0.1, -0.05) is 6.08 Å². The lowest BCUT2D eigenvalue weighted by Crippen LogP contribution is -2.41. The minimum atomic E-state index is -0.542. The lowest BCUT2D eigenvalue weighted by Gasteiger charge is -2.32. The third-order valence-corrected chi connectivity index (χ3v) is 4.27. The smallest absolute Gasteiger partial charge is 0.491 e. The van der Waals surface area contributed by atoms with Crippen LogP contribution >= 0.6 is 0 Å².